The Balaban J connectivity index is 1.80. The molecule has 2 aromatic carbocycles. The number of aromatic nitrogens is 2. The fraction of sp³-hybridized carbons (Fsp3) is 0.105. The molecule has 3 rings (SSSR count). The van der Waals surface area contributed by atoms with E-state index in [1.54, 1.807) is 69.0 Å². The standard InChI is InChI=1S/C19H17ClN4O3S/c1-24(2)28(26)23-19(25)13-3-6-16(7-4-13)27-18-8-5-15(20)11-17(18)14-9-10-21-22-12-14/h3-12H,1-2H3,(H,23,25). The SMILES string of the molecule is CN(C)S(=O)NC(=O)c1ccc(Oc2ccc(Cl)cc2-c2ccnnc2)cc1. The quantitative estimate of drug-likeness (QED) is 0.665. The van der Waals surface area contributed by atoms with Crippen LogP contribution in [0, 0.1) is 0 Å². The molecule has 1 heterocycles. The molecule has 0 aliphatic rings. The van der Waals surface area contributed by atoms with E-state index < -0.39 is 17.1 Å². The van der Waals surface area contributed by atoms with Crippen molar-refractivity contribution in [1.82, 2.24) is 19.2 Å². The number of halogens is 1. The van der Waals surface area contributed by atoms with Crippen molar-refractivity contribution < 1.29 is 13.7 Å². The van der Waals surface area contributed by atoms with Crippen LogP contribution in [0.4, 0.5) is 0 Å². The predicted molar refractivity (Wildman–Crippen MR) is 108 cm³/mol. The van der Waals surface area contributed by atoms with E-state index in [9.17, 15) is 9.00 Å². The van der Waals surface area contributed by atoms with E-state index >= 15 is 0 Å². The highest BCUT2D eigenvalue weighted by molar-refractivity contribution is 7.81. The number of carbonyl (C=O) groups is 1. The summed E-state index contributed by atoms with van der Waals surface area (Å²) in [6.07, 6.45) is 3.21. The molecule has 0 saturated heterocycles. The van der Waals surface area contributed by atoms with Crippen molar-refractivity contribution in [2.24, 2.45) is 0 Å². The lowest BCUT2D eigenvalue weighted by molar-refractivity contribution is 0.0981. The van der Waals surface area contributed by atoms with E-state index in [4.69, 9.17) is 16.3 Å². The lowest BCUT2D eigenvalue weighted by atomic mass is 10.1. The van der Waals surface area contributed by atoms with Crippen molar-refractivity contribution in [3.05, 3.63) is 71.5 Å². The third-order valence-corrected chi connectivity index (χ3v) is 4.95. The Morgan fingerprint density at radius 1 is 1.11 bits per heavy atom. The van der Waals surface area contributed by atoms with E-state index in [-0.39, 0.29) is 0 Å². The summed E-state index contributed by atoms with van der Waals surface area (Å²) < 4.78 is 21.4. The Bertz CT molecular complexity index is 998. The summed E-state index contributed by atoms with van der Waals surface area (Å²) in [5, 5.41) is 8.23. The van der Waals surface area contributed by atoms with Gasteiger partial charge in [-0.05, 0) is 48.5 Å². The number of nitrogens with zero attached hydrogens (tertiary/aromatic N) is 3. The summed E-state index contributed by atoms with van der Waals surface area (Å²) in [5.41, 5.74) is 1.96. The molecule has 1 N–H and O–H groups in total. The first-order valence-corrected chi connectivity index (χ1v) is 9.67. The van der Waals surface area contributed by atoms with Gasteiger partial charge in [0.1, 0.15) is 11.5 Å². The second-order valence-corrected chi connectivity index (χ2v) is 7.76. The molecule has 3 aromatic rings. The third kappa shape index (κ3) is 4.92. The van der Waals surface area contributed by atoms with Crippen LogP contribution in [0.2, 0.25) is 5.02 Å². The number of amides is 1. The van der Waals surface area contributed by atoms with Gasteiger partial charge in [-0.25, -0.2) is 8.51 Å². The van der Waals surface area contributed by atoms with Crippen LogP contribution < -0.4 is 9.46 Å². The highest BCUT2D eigenvalue weighted by Crippen LogP contribution is 2.35. The molecule has 0 saturated carbocycles. The first-order valence-electron chi connectivity index (χ1n) is 8.19. The molecule has 1 atom stereocenters. The Kier molecular flexibility index (Phi) is 6.35. The van der Waals surface area contributed by atoms with Crippen LogP contribution in [-0.2, 0) is 11.2 Å². The van der Waals surface area contributed by atoms with E-state index in [0.717, 1.165) is 11.1 Å². The van der Waals surface area contributed by atoms with Gasteiger partial charge in [-0.3, -0.25) is 9.52 Å². The predicted octanol–water partition coefficient (Wildman–Crippen LogP) is 3.46. The topological polar surface area (TPSA) is 84.4 Å². The van der Waals surface area contributed by atoms with E-state index in [1.165, 1.54) is 4.31 Å². The molecular formula is C19H17ClN4O3S. The monoisotopic (exact) mass is 416 g/mol. The van der Waals surface area contributed by atoms with Crippen molar-refractivity contribution in [2.45, 2.75) is 0 Å². The molecule has 9 heteroatoms. The van der Waals surface area contributed by atoms with Crippen LogP contribution in [-0.4, -0.2) is 38.7 Å². The molecule has 1 aromatic heterocycles. The summed E-state index contributed by atoms with van der Waals surface area (Å²) in [6, 6.07) is 13.6. The second-order valence-electron chi connectivity index (χ2n) is 5.89. The molecule has 0 aliphatic heterocycles. The summed E-state index contributed by atoms with van der Waals surface area (Å²) >= 11 is 4.54. The minimum Gasteiger partial charge on any atom is -0.457 e. The van der Waals surface area contributed by atoms with E-state index in [2.05, 4.69) is 14.9 Å². The van der Waals surface area contributed by atoms with Crippen LogP contribution in [0.3, 0.4) is 0 Å². The van der Waals surface area contributed by atoms with Gasteiger partial charge in [-0.2, -0.15) is 10.2 Å². The summed E-state index contributed by atoms with van der Waals surface area (Å²) in [4.78, 5) is 12.1. The number of nitrogens with one attached hydrogen (secondary N) is 1. The average molecular weight is 417 g/mol. The molecule has 28 heavy (non-hydrogen) atoms. The maximum Gasteiger partial charge on any atom is 0.263 e. The highest BCUT2D eigenvalue weighted by Gasteiger charge is 2.12. The maximum absolute atomic E-state index is 12.1. The Labute approximate surface area is 170 Å². The van der Waals surface area contributed by atoms with Gasteiger partial charge in [0.25, 0.3) is 5.91 Å². The Morgan fingerprint density at radius 2 is 1.86 bits per heavy atom. The van der Waals surface area contributed by atoms with Gasteiger partial charge in [-0.15, -0.1) is 0 Å². The average Bonchev–Trinajstić information content (AvgIpc) is 2.70. The van der Waals surface area contributed by atoms with Gasteiger partial charge in [-0.1, -0.05) is 11.6 Å². The lowest BCUT2D eigenvalue weighted by Gasteiger charge is -2.13. The minimum absolute atomic E-state index is 0.372. The normalized spacial score (nSPS) is 11.9. The number of hydrogen-bond donors (Lipinski definition) is 1. The fourth-order valence-corrected chi connectivity index (χ4v) is 2.93. The minimum atomic E-state index is -1.59. The zero-order valence-corrected chi connectivity index (χ0v) is 16.7. The summed E-state index contributed by atoms with van der Waals surface area (Å²) in [5.74, 6) is 0.688. The van der Waals surface area contributed by atoms with Crippen LogP contribution in [0.25, 0.3) is 11.1 Å². The van der Waals surface area contributed by atoms with Crippen molar-refractivity contribution >= 4 is 28.7 Å². The number of rotatable bonds is 6. The Hall–Kier alpha value is -2.81. The van der Waals surface area contributed by atoms with Crippen molar-refractivity contribution in [1.29, 1.82) is 0 Å². The van der Waals surface area contributed by atoms with E-state index in [0.29, 0.717) is 22.1 Å². The molecule has 144 valence electrons. The molecular weight excluding hydrogens is 400 g/mol. The second kappa shape index (κ2) is 8.92. The molecule has 1 unspecified atom stereocenters. The van der Waals surface area contributed by atoms with Gasteiger partial charge in [0.05, 0.1) is 12.4 Å². The number of carbonyl (C=O) groups excluding carboxylic acids is 1. The number of ether oxygens (including phenoxy) is 1. The molecule has 0 bridgehead atoms. The largest absolute Gasteiger partial charge is 0.457 e. The van der Waals surface area contributed by atoms with Gasteiger partial charge < -0.3 is 4.74 Å². The van der Waals surface area contributed by atoms with Crippen LogP contribution >= 0.6 is 11.6 Å². The molecule has 7 nitrogen and oxygen atoms in total. The first-order chi connectivity index (χ1) is 13.4. The molecule has 1 amide bonds. The summed E-state index contributed by atoms with van der Waals surface area (Å²) in [7, 11) is 3.21. The number of hydrogen-bond acceptors (Lipinski definition) is 5. The van der Waals surface area contributed by atoms with Crippen LogP contribution in [0.15, 0.2) is 60.9 Å². The highest BCUT2D eigenvalue weighted by atomic mass is 35.5. The van der Waals surface area contributed by atoms with Gasteiger partial charge in [0, 0.05) is 35.8 Å². The van der Waals surface area contributed by atoms with Crippen LogP contribution in [0.5, 0.6) is 11.5 Å². The molecule has 0 radical (unpaired) electrons. The van der Waals surface area contributed by atoms with Gasteiger partial charge in [0.2, 0.25) is 0 Å². The first kappa shape index (κ1) is 19.9. The van der Waals surface area contributed by atoms with E-state index in [1.807, 2.05) is 6.07 Å². The van der Waals surface area contributed by atoms with Crippen LogP contribution in [0.1, 0.15) is 10.4 Å². The third-order valence-electron chi connectivity index (χ3n) is 3.69. The van der Waals surface area contributed by atoms with Gasteiger partial charge in [0.15, 0.2) is 11.2 Å². The van der Waals surface area contributed by atoms with Crippen molar-refractivity contribution in [2.75, 3.05) is 14.1 Å². The zero-order valence-electron chi connectivity index (χ0n) is 15.1. The van der Waals surface area contributed by atoms with Crippen molar-refractivity contribution in [3.63, 3.8) is 0 Å². The van der Waals surface area contributed by atoms with Crippen molar-refractivity contribution in [3.8, 4) is 22.6 Å². The zero-order chi connectivity index (χ0) is 20.1. The summed E-state index contributed by atoms with van der Waals surface area (Å²) in [6.45, 7) is 0. The molecule has 0 spiro atoms. The number of benzene rings is 2. The fourth-order valence-electron chi connectivity index (χ4n) is 2.30. The smallest absolute Gasteiger partial charge is 0.263 e. The molecule has 0 fully saturated rings. The molecule has 0 aliphatic carbocycles. The van der Waals surface area contributed by atoms with Gasteiger partial charge >= 0.3 is 0 Å². The lowest BCUT2D eigenvalue weighted by Crippen LogP contribution is -2.33. The Morgan fingerprint density at radius 3 is 2.50 bits per heavy atom. The maximum atomic E-state index is 12.1.